The predicted octanol–water partition coefficient (Wildman–Crippen LogP) is 5.95. The van der Waals surface area contributed by atoms with Gasteiger partial charge in [0.2, 0.25) is 0 Å². The first-order chi connectivity index (χ1) is 18.1. The van der Waals surface area contributed by atoms with Gasteiger partial charge in [-0.05, 0) is 78.2 Å². The highest BCUT2D eigenvalue weighted by atomic mass is 79.9. The average molecular weight is 578 g/mol. The number of carbonyl (C=O) groups excluding carboxylic acids is 3. The Balaban J connectivity index is 1.76. The number of benzene rings is 3. The molecule has 3 aromatic carbocycles. The van der Waals surface area contributed by atoms with Gasteiger partial charge in [-0.15, -0.1) is 0 Å². The van der Waals surface area contributed by atoms with Gasteiger partial charge in [-0.25, -0.2) is 4.79 Å². The highest BCUT2D eigenvalue weighted by Gasteiger charge is 2.46. The third-order valence-electron chi connectivity index (χ3n) is 6.21. The maximum Gasteiger partial charge on any atom is 0.338 e. The minimum absolute atomic E-state index is 0.00907. The number of halogens is 1. The monoisotopic (exact) mass is 577 g/mol. The van der Waals surface area contributed by atoms with E-state index in [9.17, 15) is 19.5 Å². The minimum Gasteiger partial charge on any atom is -0.507 e. The van der Waals surface area contributed by atoms with Crippen LogP contribution in [0.3, 0.4) is 0 Å². The number of methoxy groups -OCH3 is 1. The Labute approximate surface area is 229 Å². The van der Waals surface area contributed by atoms with Crippen molar-refractivity contribution in [3.63, 3.8) is 0 Å². The molecule has 1 atom stereocenters. The van der Waals surface area contributed by atoms with Gasteiger partial charge in [0.15, 0.2) is 0 Å². The lowest BCUT2D eigenvalue weighted by atomic mass is 9.94. The number of aliphatic hydroxyl groups is 1. The molecule has 1 heterocycles. The zero-order valence-electron chi connectivity index (χ0n) is 21.5. The van der Waals surface area contributed by atoms with E-state index in [1.54, 1.807) is 56.3 Å². The maximum absolute atomic E-state index is 13.3. The standard InChI is InChI=1S/C30H28BrNO6/c1-17(2)38-30(36)20-10-8-19(9-11-20)16-32-26(21-7-5-6-18(3)14-21)25(28(34)29(32)35)27(33)22-12-13-24(37-4)23(31)15-22/h5-15,17,26,33H,16H2,1-4H3/b27-25-. The number of ether oxygens (including phenoxy) is 2. The number of aryl methyl sites for hydroxylation is 1. The number of aliphatic hydroxyl groups excluding tert-OH is 1. The van der Waals surface area contributed by atoms with Gasteiger partial charge in [0.1, 0.15) is 11.5 Å². The Morgan fingerprint density at radius 3 is 2.32 bits per heavy atom. The fraction of sp³-hybridized carbons (Fsp3) is 0.233. The number of amides is 1. The highest BCUT2D eigenvalue weighted by molar-refractivity contribution is 9.10. The van der Waals surface area contributed by atoms with Crippen LogP contribution in [0.2, 0.25) is 0 Å². The van der Waals surface area contributed by atoms with Gasteiger partial charge in [-0.2, -0.15) is 0 Å². The number of rotatable bonds is 7. The zero-order valence-corrected chi connectivity index (χ0v) is 23.1. The lowest BCUT2D eigenvalue weighted by Crippen LogP contribution is -2.29. The normalized spacial score (nSPS) is 16.7. The van der Waals surface area contributed by atoms with Gasteiger partial charge in [0, 0.05) is 12.1 Å². The molecule has 1 aliphatic rings. The zero-order chi connectivity index (χ0) is 27.6. The minimum atomic E-state index is -0.804. The smallest absolute Gasteiger partial charge is 0.338 e. The van der Waals surface area contributed by atoms with Gasteiger partial charge in [-0.3, -0.25) is 9.59 Å². The summed E-state index contributed by atoms with van der Waals surface area (Å²) >= 11 is 3.41. The van der Waals surface area contributed by atoms with Gasteiger partial charge in [0.05, 0.1) is 34.9 Å². The summed E-state index contributed by atoms with van der Waals surface area (Å²) in [6, 6.07) is 18.4. The van der Waals surface area contributed by atoms with Crippen LogP contribution in [0, 0.1) is 6.92 Å². The van der Waals surface area contributed by atoms with Crippen molar-refractivity contribution < 1.29 is 29.0 Å². The second-order valence-electron chi connectivity index (χ2n) is 9.34. The van der Waals surface area contributed by atoms with Crippen LogP contribution in [0.1, 0.15) is 52.5 Å². The third-order valence-corrected chi connectivity index (χ3v) is 6.83. The SMILES string of the molecule is COc1ccc(/C(O)=C2/C(=O)C(=O)N(Cc3ccc(C(=O)OC(C)C)cc3)C2c2cccc(C)c2)cc1Br. The van der Waals surface area contributed by atoms with Crippen molar-refractivity contribution in [2.45, 2.75) is 39.5 Å². The molecule has 1 N–H and O–H groups in total. The van der Waals surface area contributed by atoms with Gasteiger partial charge in [-0.1, -0.05) is 42.0 Å². The molecular formula is C30H28BrNO6. The predicted molar refractivity (Wildman–Crippen MR) is 147 cm³/mol. The Kier molecular flexibility index (Phi) is 8.02. The lowest BCUT2D eigenvalue weighted by molar-refractivity contribution is -0.140. The van der Waals surface area contributed by atoms with Crippen molar-refractivity contribution >= 4 is 39.3 Å². The average Bonchev–Trinajstić information content (AvgIpc) is 3.13. The molecule has 0 bridgehead atoms. The van der Waals surface area contributed by atoms with Crippen LogP contribution in [0.5, 0.6) is 5.75 Å². The van der Waals surface area contributed by atoms with Gasteiger partial charge < -0.3 is 19.5 Å². The summed E-state index contributed by atoms with van der Waals surface area (Å²) in [4.78, 5) is 40.3. The van der Waals surface area contributed by atoms with E-state index in [2.05, 4.69) is 15.9 Å². The summed E-state index contributed by atoms with van der Waals surface area (Å²) in [6.07, 6.45) is -0.241. The van der Waals surface area contributed by atoms with E-state index in [-0.39, 0.29) is 24.0 Å². The van der Waals surface area contributed by atoms with Crippen molar-refractivity contribution in [2.75, 3.05) is 7.11 Å². The number of carbonyl (C=O) groups is 3. The van der Waals surface area contributed by atoms with E-state index in [0.29, 0.717) is 26.9 Å². The van der Waals surface area contributed by atoms with Crippen molar-refractivity contribution in [3.8, 4) is 5.75 Å². The summed E-state index contributed by atoms with van der Waals surface area (Å²) in [5.41, 5.74) is 3.16. The summed E-state index contributed by atoms with van der Waals surface area (Å²) < 4.78 is 11.1. The second kappa shape index (κ2) is 11.2. The molecule has 4 rings (SSSR count). The van der Waals surface area contributed by atoms with E-state index in [0.717, 1.165) is 11.1 Å². The first kappa shape index (κ1) is 27.1. The van der Waals surface area contributed by atoms with E-state index in [1.165, 1.54) is 12.0 Å². The molecule has 1 fully saturated rings. The molecule has 1 saturated heterocycles. The molecule has 3 aromatic rings. The molecule has 1 amide bonds. The number of esters is 1. The highest BCUT2D eigenvalue weighted by Crippen LogP contribution is 2.41. The van der Waals surface area contributed by atoms with Crippen LogP contribution in [0.4, 0.5) is 0 Å². The lowest BCUT2D eigenvalue weighted by Gasteiger charge is -2.26. The Morgan fingerprint density at radius 2 is 1.71 bits per heavy atom. The van der Waals surface area contributed by atoms with Crippen molar-refractivity contribution in [1.29, 1.82) is 0 Å². The summed E-state index contributed by atoms with van der Waals surface area (Å²) in [5, 5.41) is 11.3. The number of likely N-dealkylation sites (tertiary alicyclic amines) is 1. The third kappa shape index (κ3) is 5.50. The van der Waals surface area contributed by atoms with Gasteiger partial charge in [0.25, 0.3) is 11.7 Å². The molecule has 1 aliphatic heterocycles. The number of hydrogen-bond donors (Lipinski definition) is 1. The molecule has 7 nitrogen and oxygen atoms in total. The van der Waals surface area contributed by atoms with Crippen LogP contribution in [-0.4, -0.2) is 40.9 Å². The van der Waals surface area contributed by atoms with Crippen LogP contribution >= 0.6 is 15.9 Å². The van der Waals surface area contributed by atoms with E-state index >= 15 is 0 Å². The number of Topliss-reactive ketones (excluding diaryl/α,β-unsaturated/α-hetero) is 1. The Bertz CT molecular complexity index is 1430. The summed E-state index contributed by atoms with van der Waals surface area (Å²) in [5.74, 6) is -1.62. The molecule has 0 aliphatic carbocycles. The molecule has 0 radical (unpaired) electrons. The second-order valence-corrected chi connectivity index (χ2v) is 10.2. The molecule has 8 heteroatoms. The van der Waals surface area contributed by atoms with Crippen LogP contribution in [0.15, 0.2) is 76.8 Å². The number of nitrogens with zero attached hydrogens (tertiary/aromatic N) is 1. The van der Waals surface area contributed by atoms with E-state index in [1.807, 2.05) is 31.2 Å². The van der Waals surface area contributed by atoms with Crippen molar-refractivity contribution in [1.82, 2.24) is 4.90 Å². The van der Waals surface area contributed by atoms with Crippen molar-refractivity contribution in [2.24, 2.45) is 0 Å². The number of ketones is 1. The molecular weight excluding hydrogens is 550 g/mol. The molecule has 1 unspecified atom stereocenters. The molecule has 38 heavy (non-hydrogen) atoms. The largest absolute Gasteiger partial charge is 0.507 e. The van der Waals surface area contributed by atoms with E-state index < -0.39 is 23.7 Å². The summed E-state index contributed by atoms with van der Waals surface area (Å²) in [7, 11) is 1.53. The van der Waals surface area contributed by atoms with Crippen LogP contribution < -0.4 is 4.74 Å². The number of hydrogen-bond acceptors (Lipinski definition) is 6. The Hall–Kier alpha value is -3.91. The first-order valence-electron chi connectivity index (χ1n) is 12.1. The quantitative estimate of drug-likeness (QED) is 0.161. The fourth-order valence-electron chi connectivity index (χ4n) is 4.42. The maximum atomic E-state index is 13.3. The molecule has 0 aromatic heterocycles. The Morgan fingerprint density at radius 1 is 1.03 bits per heavy atom. The van der Waals surface area contributed by atoms with Crippen molar-refractivity contribution in [3.05, 3.63) is 105 Å². The fourth-order valence-corrected chi connectivity index (χ4v) is 4.96. The van der Waals surface area contributed by atoms with Crippen LogP contribution in [-0.2, 0) is 20.9 Å². The molecule has 196 valence electrons. The first-order valence-corrected chi connectivity index (χ1v) is 12.9. The topological polar surface area (TPSA) is 93.1 Å². The molecule has 0 saturated carbocycles. The van der Waals surface area contributed by atoms with E-state index in [4.69, 9.17) is 9.47 Å². The summed E-state index contributed by atoms with van der Waals surface area (Å²) in [6.45, 7) is 5.58. The molecule has 0 spiro atoms. The van der Waals surface area contributed by atoms with Crippen LogP contribution in [0.25, 0.3) is 5.76 Å². The van der Waals surface area contributed by atoms with Gasteiger partial charge >= 0.3 is 5.97 Å².